The molecule has 2 rings (SSSR count). The molecule has 0 aliphatic heterocycles. The minimum Gasteiger partial charge on any atom is -0.358 e. The van der Waals surface area contributed by atoms with Crippen LogP contribution in [0.3, 0.4) is 0 Å². The molecule has 0 aromatic carbocycles. The average Bonchev–Trinajstić information content (AvgIpc) is 2.85. The smallest absolute Gasteiger partial charge is 0.242 e. The van der Waals surface area contributed by atoms with Crippen molar-refractivity contribution in [3.63, 3.8) is 0 Å². The molecule has 1 unspecified atom stereocenters. The number of carbonyl (C=O) groups excluding carboxylic acids is 1. The average molecular weight is 277 g/mol. The Morgan fingerprint density at radius 2 is 2.16 bits per heavy atom. The van der Waals surface area contributed by atoms with E-state index in [1.165, 1.54) is 4.70 Å². The van der Waals surface area contributed by atoms with Crippen LogP contribution in [0, 0.1) is 5.92 Å². The van der Waals surface area contributed by atoms with Crippen molar-refractivity contribution < 1.29 is 4.79 Å². The molecule has 2 N–H and O–H groups in total. The molecule has 0 saturated heterocycles. The Morgan fingerprint density at radius 3 is 2.89 bits per heavy atom. The summed E-state index contributed by atoms with van der Waals surface area (Å²) in [5.74, 6) is 1.23. The number of nitrogens with one attached hydrogen (secondary N) is 2. The summed E-state index contributed by atoms with van der Waals surface area (Å²) >= 11 is 1.67. The second kappa shape index (κ2) is 6.02. The Balaban J connectivity index is 2.04. The molecule has 0 spiro atoms. The molecule has 5 heteroatoms. The lowest BCUT2D eigenvalue weighted by Gasteiger charge is -2.16. The largest absolute Gasteiger partial charge is 0.358 e. The van der Waals surface area contributed by atoms with Gasteiger partial charge < -0.3 is 10.6 Å². The molecule has 0 saturated carbocycles. The van der Waals surface area contributed by atoms with Crippen LogP contribution < -0.4 is 10.6 Å². The monoisotopic (exact) mass is 277 g/mol. The summed E-state index contributed by atoms with van der Waals surface area (Å²) in [4.78, 5) is 16.2. The number of aromatic nitrogens is 1. The van der Waals surface area contributed by atoms with E-state index >= 15 is 0 Å². The summed E-state index contributed by atoms with van der Waals surface area (Å²) in [6, 6.07) is 3.71. The zero-order valence-electron chi connectivity index (χ0n) is 11.4. The number of rotatable bonds is 5. The molecular weight excluding hydrogens is 258 g/mol. The minimum absolute atomic E-state index is 0.00253. The van der Waals surface area contributed by atoms with Crippen LogP contribution in [0.2, 0.25) is 0 Å². The van der Waals surface area contributed by atoms with Crippen LogP contribution in [-0.2, 0) is 4.79 Å². The quantitative estimate of drug-likeness (QED) is 0.883. The van der Waals surface area contributed by atoms with Gasteiger partial charge in [-0.3, -0.25) is 4.79 Å². The summed E-state index contributed by atoms with van der Waals surface area (Å²) < 4.78 is 1.17. The lowest BCUT2D eigenvalue weighted by atomic mass is 10.2. The number of pyridine rings is 1. The van der Waals surface area contributed by atoms with Crippen molar-refractivity contribution in [2.45, 2.75) is 26.8 Å². The van der Waals surface area contributed by atoms with Crippen LogP contribution in [-0.4, -0.2) is 23.5 Å². The van der Waals surface area contributed by atoms with Gasteiger partial charge in [-0.25, -0.2) is 4.98 Å². The molecule has 102 valence electrons. The second-order valence-electron chi connectivity index (χ2n) is 5.00. The first kappa shape index (κ1) is 13.8. The van der Waals surface area contributed by atoms with Gasteiger partial charge in [-0.15, -0.1) is 11.3 Å². The highest BCUT2D eigenvalue weighted by atomic mass is 32.1. The van der Waals surface area contributed by atoms with E-state index < -0.39 is 0 Å². The summed E-state index contributed by atoms with van der Waals surface area (Å²) in [5, 5.41) is 9.19. The molecule has 2 aromatic rings. The molecule has 4 nitrogen and oxygen atoms in total. The molecule has 19 heavy (non-hydrogen) atoms. The number of hydrogen-bond acceptors (Lipinski definition) is 4. The normalized spacial score (nSPS) is 12.6. The molecule has 0 aliphatic rings. The number of anilines is 1. The second-order valence-corrected chi connectivity index (χ2v) is 5.94. The van der Waals surface area contributed by atoms with E-state index in [1.54, 1.807) is 17.5 Å². The first-order chi connectivity index (χ1) is 9.08. The Kier molecular flexibility index (Phi) is 4.37. The fourth-order valence-electron chi connectivity index (χ4n) is 1.74. The van der Waals surface area contributed by atoms with E-state index in [-0.39, 0.29) is 11.9 Å². The Morgan fingerprint density at radius 1 is 1.37 bits per heavy atom. The summed E-state index contributed by atoms with van der Waals surface area (Å²) in [6.07, 6.45) is 1.76. The molecule has 0 bridgehead atoms. The number of hydrogen-bond donors (Lipinski definition) is 2. The van der Waals surface area contributed by atoms with E-state index in [2.05, 4.69) is 29.5 Å². The number of amides is 1. The lowest BCUT2D eigenvalue weighted by molar-refractivity contribution is -0.121. The van der Waals surface area contributed by atoms with Gasteiger partial charge in [-0.1, -0.05) is 13.8 Å². The van der Waals surface area contributed by atoms with Crippen LogP contribution in [0.1, 0.15) is 20.8 Å². The van der Waals surface area contributed by atoms with E-state index in [9.17, 15) is 4.79 Å². The number of fused-ring (bicyclic) bond motifs is 1. The van der Waals surface area contributed by atoms with Gasteiger partial charge >= 0.3 is 0 Å². The topological polar surface area (TPSA) is 54.0 Å². The van der Waals surface area contributed by atoms with E-state index in [0.717, 1.165) is 11.2 Å². The summed E-state index contributed by atoms with van der Waals surface area (Å²) in [6.45, 7) is 6.70. The van der Waals surface area contributed by atoms with Gasteiger partial charge in [0.05, 0.1) is 0 Å². The highest BCUT2D eigenvalue weighted by Crippen LogP contribution is 2.26. The van der Waals surface area contributed by atoms with Gasteiger partial charge in [-0.05, 0) is 30.4 Å². The number of carbonyl (C=O) groups is 1. The predicted octanol–water partition coefficient (Wildman–Crippen LogP) is 2.87. The third-order valence-corrected chi connectivity index (χ3v) is 3.69. The standard InChI is InChI=1S/C14H19N3OS/c1-9(2)8-16-14(18)10(3)17-13-11-5-7-19-12(11)4-6-15-13/h4-7,9-10H,8H2,1-3H3,(H,15,17)(H,16,18). The van der Waals surface area contributed by atoms with Gasteiger partial charge in [0.15, 0.2) is 0 Å². The van der Waals surface area contributed by atoms with E-state index in [4.69, 9.17) is 0 Å². The Hall–Kier alpha value is -1.62. The highest BCUT2D eigenvalue weighted by molar-refractivity contribution is 7.17. The van der Waals surface area contributed by atoms with Crippen LogP contribution in [0.25, 0.3) is 10.1 Å². The third-order valence-electron chi connectivity index (χ3n) is 2.81. The molecule has 1 amide bonds. The van der Waals surface area contributed by atoms with Crippen molar-refractivity contribution in [1.82, 2.24) is 10.3 Å². The van der Waals surface area contributed by atoms with Crippen LogP contribution >= 0.6 is 11.3 Å². The van der Waals surface area contributed by atoms with Crippen molar-refractivity contribution in [3.05, 3.63) is 23.7 Å². The van der Waals surface area contributed by atoms with Gasteiger partial charge in [-0.2, -0.15) is 0 Å². The van der Waals surface area contributed by atoms with E-state index in [0.29, 0.717) is 12.5 Å². The third kappa shape index (κ3) is 3.44. The maximum Gasteiger partial charge on any atom is 0.242 e. The predicted molar refractivity (Wildman–Crippen MR) is 80.6 cm³/mol. The van der Waals surface area contributed by atoms with Crippen molar-refractivity contribution in [3.8, 4) is 0 Å². The number of nitrogens with zero attached hydrogens (tertiary/aromatic N) is 1. The molecule has 2 heterocycles. The first-order valence-corrected chi connectivity index (χ1v) is 7.32. The van der Waals surface area contributed by atoms with Crippen LogP contribution in [0.15, 0.2) is 23.7 Å². The van der Waals surface area contributed by atoms with Crippen LogP contribution in [0.4, 0.5) is 5.82 Å². The molecule has 0 aliphatic carbocycles. The SMILES string of the molecule is CC(C)CNC(=O)C(C)Nc1nccc2sccc12. The summed E-state index contributed by atoms with van der Waals surface area (Å²) in [5.41, 5.74) is 0. The maximum absolute atomic E-state index is 11.9. The van der Waals surface area contributed by atoms with E-state index in [1.807, 2.05) is 24.4 Å². The van der Waals surface area contributed by atoms with Gasteiger partial charge in [0.1, 0.15) is 11.9 Å². The lowest BCUT2D eigenvalue weighted by Crippen LogP contribution is -2.39. The molecule has 2 aromatic heterocycles. The first-order valence-electron chi connectivity index (χ1n) is 6.44. The summed E-state index contributed by atoms with van der Waals surface area (Å²) in [7, 11) is 0. The molecular formula is C14H19N3OS. The highest BCUT2D eigenvalue weighted by Gasteiger charge is 2.14. The fraction of sp³-hybridized carbons (Fsp3) is 0.429. The Bertz CT molecular complexity index is 565. The fourth-order valence-corrected chi connectivity index (χ4v) is 2.52. The van der Waals surface area contributed by atoms with Crippen molar-refractivity contribution in [2.75, 3.05) is 11.9 Å². The molecule has 0 radical (unpaired) electrons. The molecule has 1 atom stereocenters. The molecule has 0 fully saturated rings. The van der Waals surface area contributed by atoms with Crippen molar-refractivity contribution >= 4 is 33.1 Å². The number of thiophene rings is 1. The van der Waals surface area contributed by atoms with Crippen molar-refractivity contribution in [2.24, 2.45) is 5.92 Å². The van der Waals surface area contributed by atoms with Crippen LogP contribution in [0.5, 0.6) is 0 Å². The zero-order chi connectivity index (χ0) is 13.8. The van der Waals surface area contributed by atoms with Gasteiger partial charge in [0, 0.05) is 22.8 Å². The Labute approximate surface area is 117 Å². The zero-order valence-corrected chi connectivity index (χ0v) is 12.3. The van der Waals surface area contributed by atoms with Crippen molar-refractivity contribution in [1.29, 1.82) is 0 Å². The van der Waals surface area contributed by atoms with Gasteiger partial charge in [0.25, 0.3) is 0 Å². The maximum atomic E-state index is 11.9. The van der Waals surface area contributed by atoms with Gasteiger partial charge in [0.2, 0.25) is 5.91 Å². The minimum atomic E-state index is -0.295.